The van der Waals surface area contributed by atoms with Gasteiger partial charge in [-0.1, -0.05) is 25.2 Å². The number of hydrogen-bond acceptors (Lipinski definition) is 0. The molecule has 0 saturated heterocycles. The van der Waals surface area contributed by atoms with E-state index in [0.717, 1.165) is 11.8 Å². The average molecular weight is 150 g/mol. The van der Waals surface area contributed by atoms with Gasteiger partial charge in [-0.15, -0.1) is 6.58 Å². The third-order valence-corrected chi connectivity index (χ3v) is 2.63. The normalized spacial score (nSPS) is 30.3. The SMILES string of the molecule is C=CCC1CCC=CC1CC. The lowest BCUT2D eigenvalue weighted by Crippen LogP contribution is -2.14. The van der Waals surface area contributed by atoms with Gasteiger partial charge in [0.15, 0.2) is 0 Å². The monoisotopic (exact) mass is 150 g/mol. The minimum absolute atomic E-state index is 0.821. The molecule has 0 aromatic carbocycles. The van der Waals surface area contributed by atoms with E-state index in [1.807, 2.05) is 0 Å². The first-order valence-corrected chi connectivity index (χ1v) is 4.66. The summed E-state index contributed by atoms with van der Waals surface area (Å²) in [4.78, 5) is 0. The first kappa shape index (κ1) is 8.58. The van der Waals surface area contributed by atoms with Crippen molar-refractivity contribution in [1.29, 1.82) is 0 Å². The van der Waals surface area contributed by atoms with Crippen LogP contribution in [0.2, 0.25) is 0 Å². The lowest BCUT2D eigenvalue weighted by Gasteiger charge is -2.25. The van der Waals surface area contributed by atoms with Gasteiger partial charge in [-0.05, 0) is 37.5 Å². The first-order chi connectivity index (χ1) is 5.38. The zero-order valence-electron chi connectivity index (χ0n) is 7.42. The summed E-state index contributed by atoms with van der Waals surface area (Å²) >= 11 is 0. The predicted octanol–water partition coefficient (Wildman–Crippen LogP) is 3.55. The summed E-state index contributed by atoms with van der Waals surface area (Å²) in [6.45, 7) is 6.07. The van der Waals surface area contributed by atoms with Gasteiger partial charge in [0, 0.05) is 0 Å². The van der Waals surface area contributed by atoms with Crippen molar-refractivity contribution in [2.45, 2.75) is 32.6 Å². The van der Waals surface area contributed by atoms with E-state index in [4.69, 9.17) is 0 Å². The van der Waals surface area contributed by atoms with E-state index in [0.29, 0.717) is 0 Å². The van der Waals surface area contributed by atoms with Crippen LogP contribution < -0.4 is 0 Å². The van der Waals surface area contributed by atoms with Crippen molar-refractivity contribution in [2.75, 3.05) is 0 Å². The van der Waals surface area contributed by atoms with Crippen LogP contribution in [0, 0.1) is 11.8 Å². The average Bonchev–Trinajstić information content (AvgIpc) is 2.06. The van der Waals surface area contributed by atoms with Crippen molar-refractivity contribution in [3.63, 3.8) is 0 Å². The van der Waals surface area contributed by atoms with Crippen molar-refractivity contribution >= 4 is 0 Å². The third kappa shape index (κ3) is 2.21. The molecule has 0 heterocycles. The lowest BCUT2D eigenvalue weighted by molar-refractivity contribution is 0.351. The van der Waals surface area contributed by atoms with Crippen LogP contribution in [0.1, 0.15) is 32.6 Å². The molecule has 1 rings (SSSR count). The zero-order valence-corrected chi connectivity index (χ0v) is 7.42. The Balaban J connectivity index is 2.48. The van der Waals surface area contributed by atoms with Crippen LogP contribution in [0.25, 0.3) is 0 Å². The van der Waals surface area contributed by atoms with Gasteiger partial charge in [0.1, 0.15) is 0 Å². The maximum Gasteiger partial charge on any atom is -0.0205 e. The fraction of sp³-hybridized carbons (Fsp3) is 0.636. The third-order valence-electron chi connectivity index (χ3n) is 2.63. The molecule has 0 aliphatic heterocycles. The standard InChI is InChI=1S/C11H18/c1-3-7-11-9-6-5-8-10(11)4-2/h3,5,8,10-11H,1,4,6-7,9H2,2H3. The molecule has 0 bridgehead atoms. The van der Waals surface area contributed by atoms with Gasteiger partial charge in [-0.2, -0.15) is 0 Å². The van der Waals surface area contributed by atoms with Crippen molar-refractivity contribution in [3.8, 4) is 0 Å². The molecule has 2 unspecified atom stereocenters. The highest BCUT2D eigenvalue weighted by Crippen LogP contribution is 2.29. The summed E-state index contributed by atoms with van der Waals surface area (Å²) in [6, 6.07) is 0. The van der Waals surface area contributed by atoms with Crippen LogP contribution in [0.15, 0.2) is 24.8 Å². The first-order valence-electron chi connectivity index (χ1n) is 4.66. The summed E-state index contributed by atoms with van der Waals surface area (Å²) in [5.74, 6) is 1.70. The highest BCUT2D eigenvalue weighted by Gasteiger charge is 2.17. The largest absolute Gasteiger partial charge is 0.103 e. The maximum atomic E-state index is 3.80. The fourth-order valence-electron chi connectivity index (χ4n) is 1.93. The molecule has 0 fully saturated rings. The fourth-order valence-corrected chi connectivity index (χ4v) is 1.93. The molecule has 0 heteroatoms. The quantitative estimate of drug-likeness (QED) is 0.540. The molecule has 11 heavy (non-hydrogen) atoms. The van der Waals surface area contributed by atoms with Crippen LogP contribution >= 0.6 is 0 Å². The molecule has 0 amide bonds. The minimum Gasteiger partial charge on any atom is -0.103 e. The van der Waals surface area contributed by atoms with Crippen molar-refractivity contribution in [2.24, 2.45) is 11.8 Å². The highest BCUT2D eigenvalue weighted by molar-refractivity contribution is 4.97. The second-order valence-electron chi connectivity index (χ2n) is 3.36. The molecule has 2 atom stereocenters. The van der Waals surface area contributed by atoms with E-state index in [1.165, 1.54) is 25.7 Å². The molecule has 0 aromatic heterocycles. The van der Waals surface area contributed by atoms with Gasteiger partial charge >= 0.3 is 0 Å². The maximum absolute atomic E-state index is 3.80. The molecular formula is C11H18. The van der Waals surface area contributed by atoms with Gasteiger partial charge in [-0.25, -0.2) is 0 Å². The van der Waals surface area contributed by atoms with E-state index in [-0.39, 0.29) is 0 Å². The summed E-state index contributed by atoms with van der Waals surface area (Å²) in [7, 11) is 0. The Hall–Kier alpha value is -0.520. The topological polar surface area (TPSA) is 0 Å². The predicted molar refractivity (Wildman–Crippen MR) is 50.5 cm³/mol. The second-order valence-corrected chi connectivity index (χ2v) is 3.36. The van der Waals surface area contributed by atoms with Crippen LogP contribution in [0.3, 0.4) is 0 Å². The smallest absolute Gasteiger partial charge is 0.0205 e. The molecule has 1 aliphatic carbocycles. The van der Waals surface area contributed by atoms with E-state index >= 15 is 0 Å². The van der Waals surface area contributed by atoms with Gasteiger partial charge in [0.2, 0.25) is 0 Å². The van der Waals surface area contributed by atoms with Gasteiger partial charge < -0.3 is 0 Å². The van der Waals surface area contributed by atoms with Crippen molar-refractivity contribution < 1.29 is 0 Å². The van der Waals surface area contributed by atoms with Crippen LogP contribution in [0.5, 0.6) is 0 Å². The van der Waals surface area contributed by atoms with Gasteiger partial charge in [-0.3, -0.25) is 0 Å². The molecule has 0 radical (unpaired) electrons. The molecule has 1 aliphatic rings. The molecular weight excluding hydrogens is 132 g/mol. The summed E-state index contributed by atoms with van der Waals surface area (Å²) in [5, 5.41) is 0. The number of allylic oxidation sites excluding steroid dienone is 3. The number of hydrogen-bond donors (Lipinski definition) is 0. The minimum atomic E-state index is 0.821. The molecule has 0 N–H and O–H groups in total. The van der Waals surface area contributed by atoms with Gasteiger partial charge in [0.05, 0.1) is 0 Å². The Morgan fingerprint density at radius 3 is 3.09 bits per heavy atom. The summed E-state index contributed by atoms with van der Waals surface area (Å²) in [6.07, 6.45) is 11.9. The van der Waals surface area contributed by atoms with E-state index < -0.39 is 0 Å². The van der Waals surface area contributed by atoms with Crippen LogP contribution in [-0.2, 0) is 0 Å². The highest BCUT2D eigenvalue weighted by atomic mass is 14.2. The lowest BCUT2D eigenvalue weighted by atomic mass is 9.80. The van der Waals surface area contributed by atoms with E-state index in [2.05, 4.69) is 31.7 Å². The Bertz CT molecular complexity index is 144. The Morgan fingerprint density at radius 1 is 1.64 bits per heavy atom. The van der Waals surface area contributed by atoms with Crippen LogP contribution in [0.4, 0.5) is 0 Å². The van der Waals surface area contributed by atoms with E-state index in [9.17, 15) is 0 Å². The summed E-state index contributed by atoms with van der Waals surface area (Å²) < 4.78 is 0. The van der Waals surface area contributed by atoms with Crippen molar-refractivity contribution in [3.05, 3.63) is 24.8 Å². The molecule has 0 aromatic rings. The number of rotatable bonds is 3. The second kappa shape index (κ2) is 4.38. The van der Waals surface area contributed by atoms with Crippen LogP contribution in [-0.4, -0.2) is 0 Å². The molecule has 0 spiro atoms. The molecule has 0 nitrogen and oxygen atoms in total. The Kier molecular flexibility index (Phi) is 3.41. The van der Waals surface area contributed by atoms with Gasteiger partial charge in [0.25, 0.3) is 0 Å². The zero-order chi connectivity index (χ0) is 8.10. The molecule has 62 valence electrons. The molecule has 0 saturated carbocycles. The summed E-state index contributed by atoms with van der Waals surface area (Å²) in [5.41, 5.74) is 0. The van der Waals surface area contributed by atoms with Crippen molar-refractivity contribution in [1.82, 2.24) is 0 Å². The van der Waals surface area contributed by atoms with E-state index in [1.54, 1.807) is 0 Å². The Labute approximate surface area is 70.0 Å². The Morgan fingerprint density at radius 2 is 2.45 bits per heavy atom.